The fraction of sp³-hybridized carbons (Fsp3) is 0.385. The molecule has 0 bridgehead atoms. The van der Waals surface area contributed by atoms with Crippen molar-refractivity contribution in [2.24, 2.45) is 0 Å². The van der Waals surface area contributed by atoms with Gasteiger partial charge >= 0.3 is 5.97 Å². The zero-order valence-corrected chi connectivity index (χ0v) is 13.1. The molecule has 0 fully saturated rings. The number of carboxylic acid groups (broad SMARTS) is 1. The summed E-state index contributed by atoms with van der Waals surface area (Å²) < 4.78 is 0.911. The molecule has 2 unspecified atom stereocenters. The summed E-state index contributed by atoms with van der Waals surface area (Å²) in [6.07, 6.45) is 1.71. The van der Waals surface area contributed by atoms with Crippen LogP contribution in [0.4, 0.5) is 0 Å². The molecule has 0 spiro atoms. The van der Waals surface area contributed by atoms with Gasteiger partial charge in [0.25, 0.3) is 0 Å². The Morgan fingerprint density at radius 2 is 1.95 bits per heavy atom. The molecule has 2 atom stereocenters. The molecule has 6 heteroatoms. The number of amides is 1. The molecule has 104 valence electrons. The minimum Gasteiger partial charge on any atom is -0.481 e. The number of halogens is 1. The summed E-state index contributed by atoms with van der Waals surface area (Å²) in [5.74, 6) is -1.09. The zero-order chi connectivity index (χ0) is 14.4. The second kappa shape index (κ2) is 7.55. The first kappa shape index (κ1) is 16.0. The number of benzene rings is 1. The van der Waals surface area contributed by atoms with E-state index < -0.39 is 12.0 Å². The van der Waals surface area contributed by atoms with E-state index in [1.807, 2.05) is 30.5 Å². The second-order valence-corrected chi connectivity index (χ2v) is 6.18. The average molecular weight is 346 g/mol. The average Bonchev–Trinajstić information content (AvgIpc) is 2.37. The van der Waals surface area contributed by atoms with Crippen LogP contribution in [0.1, 0.15) is 24.9 Å². The number of hydrogen-bond donors (Lipinski definition) is 2. The van der Waals surface area contributed by atoms with E-state index in [0.29, 0.717) is 0 Å². The largest absolute Gasteiger partial charge is 0.481 e. The number of carbonyl (C=O) groups excluding carboxylic acids is 1. The first-order valence-corrected chi connectivity index (χ1v) is 7.82. The van der Waals surface area contributed by atoms with E-state index in [1.165, 1.54) is 11.8 Å². The number of rotatable bonds is 6. The molecule has 0 aliphatic carbocycles. The van der Waals surface area contributed by atoms with E-state index in [9.17, 15) is 9.59 Å². The second-order valence-electron chi connectivity index (χ2n) is 4.09. The third-order valence-electron chi connectivity index (χ3n) is 2.69. The Labute approximate surface area is 125 Å². The summed E-state index contributed by atoms with van der Waals surface area (Å²) >= 11 is 4.75. The maximum Gasteiger partial charge on any atom is 0.305 e. The molecule has 0 heterocycles. The maximum absolute atomic E-state index is 11.9. The van der Waals surface area contributed by atoms with Gasteiger partial charge in [-0.2, -0.15) is 11.8 Å². The van der Waals surface area contributed by atoms with Gasteiger partial charge in [0.2, 0.25) is 5.91 Å². The fourth-order valence-corrected chi connectivity index (χ4v) is 2.06. The Bertz CT molecular complexity index is 450. The van der Waals surface area contributed by atoms with Crippen LogP contribution in [0.25, 0.3) is 0 Å². The van der Waals surface area contributed by atoms with Gasteiger partial charge in [-0.3, -0.25) is 9.59 Å². The van der Waals surface area contributed by atoms with E-state index >= 15 is 0 Å². The summed E-state index contributed by atoms with van der Waals surface area (Å²) in [7, 11) is 0. The third kappa shape index (κ3) is 5.24. The van der Waals surface area contributed by atoms with E-state index in [-0.39, 0.29) is 17.6 Å². The van der Waals surface area contributed by atoms with Crippen LogP contribution in [0.3, 0.4) is 0 Å². The van der Waals surface area contributed by atoms with Crippen LogP contribution in [0.2, 0.25) is 0 Å². The van der Waals surface area contributed by atoms with Gasteiger partial charge in [0.1, 0.15) is 0 Å². The van der Waals surface area contributed by atoms with Gasteiger partial charge in [0.15, 0.2) is 0 Å². The molecule has 0 saturated heterocycles. The van der Waals surface area contributed by atoms with Crippen LogP contribution in [0.15, 0.2) is 28.7 Å². The van der Waals surface area contributed by atoms with Crippen molar-refractivity contribution in [2.45, 2.75) is 24.6 Å². The standard InChI is InChI=1S/C13H16BrNO3S/c1-8(19-2)13(18)15-11(7-12(16)17)9-3-5-10(14)6-4-9/h3-6,8,11H,7H2,1-2H3,(H,15,18)(H,16,17). The highest BCUT2D eigenvalue weighted by Gasteiger charge is 2.20. The van der Waals surface area contributed by atoms with Crippen molar-refractivity contribution in [3.05, 3.63) is 34.3 Å². The van der Waals surface area contributed by atoms with Crippen molar-refractivity contribution >= 4 is 39.6 Å². The molecule has 19 heavy (non-hydrogen) atoms. The topological polar surface area (TPSA) is 66.4 Å². The normalized spacial score (nSPS) is 13.6. The molecule has 1 rings (SSSR count). The van der Waals surface area contributed by atoms with E-state index in [2.05, 4.69) is 21.2 Å². The van der Waals surface area contributed by atoms with Crippen LogP contribution >= 0.6 is 27.7 Å². The van der Waals surface area contributed by atoms with Gasteiger partial charge < -0.3 is 10.4 Å². The van der Waals surface area contributed by atoms with Gasteiger partial charge in [0.05, 0.1) is 17.7 Å². The summed E-state index contributed by atoms with van der Waals surface area (Å²) in [6, 6.07) is 6.76. The van der Waals surface area contributed by atoms with Crippen molar-refractivity contribution in [3.8, 4) is 0 Å². The highest BCUT2D eigenvalue weighted by atomic mass is 79.9. The number of carbonyl (C=O) groups is 2. The Hall–Kier alpha value is -1.01. The molecule has 1 aromatic rings. The summed E-state index contributed by atoms with van der Waals surface area (Å²) in [5, 5.41) is 11.5. The molecule has 0 aliphatic heterocycles. The number of nitrogens with one attached hydrogen (secondary N) is 1. The Balaban J connectivity index is 2.85. The van der Waals surface area contributed by atoms with Crippen molar-refractivity contribution in [1.82, 2.24) is 5.32 Å². The van der Waals surface area contributed by atoms with Crippen LogP contribution in [-0.4, -0.2) is 28.5 Å². The highest BCUT2D eigenvalue weighted by molar-refractivity contribution is 9.10. The lowest BCUT2D eigenvalue weighted by molar-refractivity contribution is -0.137. The lowest BCUT2D eigenvalue weighted by Gasteiger charge is -2.19. The first-order chi connectivity index (χ1) is 8.93. The van der Waals surface area contributed by atoms with Crippen molar-refractivity contribution in [2.75, 3.05) is 6.26 Å². The molecule has 2 N–H and O–H groups in total. The first-order valence-electron chi connectivity index (χ1n) is 5.74. The Morgan fingerprint density at radius 1 is 1.37 bits per heavy atom. The lowest BCUT2D eigenvalue weighted by atomic mass is 10.0. The Kier molecular flexibility index (Phi) is 6.37. The third-order valence-corrected chi connectivity index (χ3v) is 4.14. The van der Waals surface area contributed by atoms with Crippen molar-refractivity contribution < 1.29 is 14.7 Å². The number of thioether (sulfide) groups is 1. The van der Waals surface area contributed by atoms with E-state index in [4.69, 9.17) is 5.11 Å². The molecule has 0 aliphatic rings. The fourth-order valence-electron chi connectivity index (χ4n) is 1.52. The lowest BCUT2D eigenvalue weighted by Crippen LogP contribution is -2.35. The van der Waals surface area contributed by atoms with Gasteiger partial charge in [-0.1, -0.05) is 28.1 Å². The molecule has 0 radical (unpaired) electrons. The SMILES string of the molecule is CSC(C)C(=O)NC(CC(=O)O)c1ccc(Br)cc1. The Morgan fingerprint density at radius 3 is 2.42 bits per heavy atom. The molecule has 0 aromatic heterocycles. The quantitative estimate of drug-likeness (QED) is 0.831. The molecular formula is C13H16BrNO3S. The zero-order valence-electron chi connectivity index (χ0n) is 10.7. The van der Waals surface area contributed by atoms with E-state index in [1.54, 1.807) is 6.92 Å². The molecule has 1 aromatic carbocycles. The molecule has 4 nitrogen and oxygen atoms in total. The predicted octanol–water partition coefficient (Wildman–Crippen LogP) is 2.83. The minimum atomic E-state index is -0.940. The predicted molar refractivity (Wildman–Crippen MR) is 80.3 cm³/mol. The van der Waals surface area contributed by atoms with Gasteiger partial charge in [0, 0.05) is 4.47 Å². The van der Waals surface area contributed by atoms with Gasteiger partial charge in [-0.25, -0.2) is 0 Å². The number of aliphatic carboxylic acids is 1. The maximum atomic E-state index is 11.9. The minimum absolute atomic E-state index is 0.130. The molecular weight excluding hydrogens is 330 g/mol. The highest BCUT2D eigenvalue weighted by Crippen LogP contribution is 2.20. The smallest absolute Gasteiger partial charge is 0.305 e. The van der Waals surface area contributed by atoms with Crippen LogP contribution in [0, 0.1) is 0 Å². The number of hydrogen-bond acceptors (Lipinski definition) is 3. The summed E-state index contributed by atoms with van der Waals surface area (Å²) in [5.41, 5.74) is 0.784. The van der Waals surface area contributed by atoms with Crippen molar-refractivity contribution in [3.63, 3.8) is 0 Å². The monoisotopic (exact) mass is 345 g/mol. The molecule has 0 saturated carbocycles. The van der Waals surface area contributed by atoms with Crippen LogP contribution in [-0.2, 0) is 9.59 Å². The molecule has 1 amide bonds. The van der Waals surface area contributed by atoms with E-state index in [0.717, 1.165) is 10.0 Å². The number of carboxylic acids is 1. The summed E-state index contributed by atoms with van der Waals surface area (Å²) in [4.78, 5) is 22.8. The van der Waals surface area contributed by atoms with Crippen LogP contribution in [0.5, 0.6) is 0 Å². The van der Waals surface area contributed by atoms with Gasteiger partial charge in [-0.05, 0) is 30.9 Å². The van der Waals surface area contributed by atoms with Gasteiger partial charge in [-0.15, -0.1) is 0 Å². The van der Waals surface area contributed by atoms with Crippen molar-refractivity contribution in [1.29, 1.82) is 0 Å². The summed E-state index contributed by atoms with van der Waals surface area (Å²) in [6.45, 7) is 1.79. The van der Waals surface area contributed by atoms with Crippen LogP contribution < -0.4 is 5.32 Å².